The molecular weight excluding hydrogens is 567 g/mol. The number of para-hydroxylation sites is 1. The smallest absolute Gasteiger partial charge is 0.269 e. The van der Waals surface area contributed by atoms with Crippen LogP contribution < -0.4 is 24.2 Å². The summed E-state index contributed by atoms with van der Waals surface area (Å²) in [5, 5.41) is 1.10. The summed E-state index contributed by atoms with van der Waals surface area (Å²) in [6, 6.07) is 29.5. The molecule has 0 atom stereocenters. The highest BCUT2D eigenvalue weighted by Gasteiger charge is 2.27. The maximum absolute atomic E-state index is 13.7. The van der Waals surface area contributed by atoms with Gasteiger partial charge in [-0.15, -0.1) is 17.9 Å². The van der Waals surface area contributed by atoms with Gasteiger partial charge in [-0.2, -0.15) is 4.57 Å². The van der Waals surface area contributed by atoms with Gasteiger partial charge in [0.1, 0.15) is 16.1 Å². The number of aromatic nitrogens is 2. The molecule has 6 rings (SSSR count). The fraction of sp³-hybridized carbons (Fsp3) is 0.135. The van der Waals surface area contributed by atoms with Crippen LogP contribution in [0.25, 0.3) is 39.4 Å². The molecule has 0 bridgehead atoms. The van der Waals surface area contributed by atoms with E-state index >= 15 is 0 Å². The standard InChI is InChI=1S/C37H34N3OS2/c1-4-24-40-34(42-32(37(40)41)22-21-27-23-25-38(5-2)31-20-14-13-19-30(27)31)26-33-39(6-3)35(28-15-9-7-10-16-28)36(43-33)29-17-11-8-12-18-29/h4,7-23,25-26H,1,5-6,24H2,2-3H3/q+1/b27-21+,32-22-. The Morgan fingerprint density at radius 1 is 0.860 bits per heavy atom. The zero-order valence-electron chi connectivity index (χ0n) is 24.4. The van der Waals surface area contributed by atoms with E-state index in [1.165, 1.54) is 44.3 Å². The first-order chi connectivity index (χ1) is 21.1. The Hall–Kier alpha value is -4.52. The lowest BCUT2D eigenvalue weighted by atomic mass is 9.99. The van der Waals surface area contributed by atoms with Crippen LogP contribution in [0, 0.1) is 0 Å². The predicted octanol–water partition coefficient (Wildman–Crippen LogP) is 6.85. The Morgan fingerprint density at radius 2 is 1.56 bits per heavy atom. The van der Waals surface area contributed by atoms with Gasteiger partial charge in [0, 0.05) is 36.1 Å². The molecule has 0 aliphatic carbocycles. The SMILES string of the molecule is C=CCn1c(=O)/c(=C/C=C2\C=CN(CC)c3ccccc32)s/c1=C/c1sc(-c2ccccc2)c(-c2ccccc2)[n+]1CC. The van der Waals surface area contributed by atoms with Gasteiger partial charge in [0.05, 0.1) is 10.6 Å². The summed E-state index contributed by atoms with van der Waals surface area (Å²) in [6.07, 6.45) is 12.2. The molecule has 3 heterocycles. The summed E-state index contributed by atoms with van der Waals surface area (Å²) in [5.74, 6) is 0. The van der Waals surface area contributed by atoms with Crippen LogP contribution in [0.5, 0.6) is 0 Å². The van der Waals surface area contributed by atoms with Gasteiger partial charge >= 0.3 is 0 Å². The van der Waals surface area contributed by atoms with Crippen molar-refractivity contribution >= 4 is 46.1 Å². The highest BCUT2D eigenvalue weighted by Crippen LogP contribution is 2.36. The molecule has 0 radical (unpaired) electrons. The van der Waals surface area contributed by atoms with Gasteiger partial charge in [0.25, 0.3) is 10.6 Å². The lowest BCUT2D eigenvalue weighted by Crippen LogP contribution is -2.37. The molecule has 214 valence electrons. The quantitative estimate of drug-likeness (QED) is 0.144. The van der Waals surface area contributed by atoms with Crippen molar-refractivity contribution in [1.29, 1.82) is 0 Å². The summed E-state index contributed by atoms with van der Waals surface area (Å²) >= 11 is 3.29. The minimum absolute atomic E-state index is 0.00225. The monoisotopic (exact) mass is 600 g/mol. The third kappa shape index (κ3) is 5.64. The number of hydrogen-bond acceptors (Lipinski definition) is 4. The van der Waals surface area contributed by atoms with Crippen molar-refractivity contribution < 1.29 is 4.57 Å². The normalized spacial score (nSPS) is 14.5. The molecule has 4 nitrogen and oxygen atoms in total. The largest absolute Gasteiger partial charge is 0.348 e. The molecule has 43 heavy (non-hydrogen) atoms. The van der Waals surface area contributed by atoms with Gasteiger partial charge < -0.3 is 4.90 Å². The number of benzene rings is 3. The first-order valence-corrected chi connectivity index (χ1v) is 16.2. The van der Waals surface area contributed by atoms with Crippen LogP contribution in [-0.2, 0) is 13.1 Å². The van der Waals surface area contributed by atoms with Crippen molar-refractivity contribution in [2.45, 2.75) is 26.9 Å². The van der Waals surface area contributed by atoms with Crippen molar-refractivity contribution in [3.8, 4) is 21.7 Å². The number of anilines is 1. The van der Waals surface area contributed by atoms with E-state index in [1.54, 1.807) is 17.4 Å². The van der Waals surface area contributed by atoms with Gasteiger partial charge in [-0.05, 0) is 55.3 Å². The molecular formula is C37H34N3OS2+. The second kappa shape index (κ2) is 12.8. The van der Waals surface area contributed by atoms with E-state index in [9.17, 15) is 4.79 Å². The minimum Gasteiger partial charge on any atom is -0.348 e. The molecule has 1 aliphatic rings. The van der Waals surface area contributed by atoms with E-state index in [0.717, 1.165) is 28.3 Å². The summed E-state index contributed by atoms with van der Waals surface area (Å²) in [5.41, 5.74) is 7.00. The molecule has 0 unspecified atom stereocenters. The van der Waals surface area contributed by atoms with Crippen molar-refractivity contribution in [2.24, 2.45) is 0 Å². The number of fused-ring (bicyclic) bond motifs is 1. The molecule has 5 aromatic rings. The van der Waals surface area contributed by atoms with Crippen molar-refractivity contribution in [2.75, 3.05) is 11.4 Å². The topological polar surface area (TPSA) is 29.1 Å². The Labute approximate surface area is 260 Å². The van der Waals surface area contributed by atoms with Crippen LogP contribution >= 0.6 is 22.7 Å². The Morgan fingerprint density at radius 3 is 2.26 bits per heavy atom. The zero-order chi connectivity index (χ0) is 29.8. The first-order valence-electron chi connectivity index (χ1n) is 14.6. The maximum atomic E-state index is 13.7. The fourth-order valence-corrected chi connectivity index (χ4v) is 7.85. The Balaban J connectivity index is 1.52. The molecule has 0 fully saturated rings. The van der Waals surface area contributed by atoms with Crippen molar-refractivity contribution in [3.63, 3.8) is 0 Å². The predicted molar refractivity (Wildman–Crippen MR) is 184 cm³/mol. The fourth-order valence-electron chi connectivity index (χ4n) is 5.49. The molecule has 2 aromatic heterocycles. The highest BCUT2D eigenvalue weighted by molar-refractivity contribution is 7.16. The average Bonchev–Trinajstić information content (AvgIpc) is 3.57. The molecule has 0 spiro atoms. The first kappa shape index (κ1) is 28.6. The maximum Gasteiger partial charge on any atom is 0.269 e. The van der Waals surface area contributed by atoms with Crippen molar-refractivity contribution in [1.82, 2.24) is 4.57 Å². The van der Waals surface area contributed by atoms with E-state index in [-0.39, 0.29) is 5.56 Å². The lowest BCUT2D eigenvalue weighted by Gasteiger charge is -2.26. The third-order valence-corrected chi connectivity index (χ3v) is 9.82. The summed E-state index contributed by atoms with van der Waals surface area (Å²) < 4.78 is 5.80. The molecule has 3 aromatic carbocycles. The second-order valence-corrected chi connectivity index (χ2v) is 12.2. The number of nitrogens with zero attached hydrogens (tertiary/aromatic N) is 3. The van der Waals surface area contributed by atoms with Gasteiger partial charge in [-0.3, -0.25) is 9.36 Å². The van der Waals surface area contributed by atoms with Crippen LogP contribution in [0.1, 0.15) is 24.4 Å². The third-order valence-electron chi connectivity index (χ3n) is 7.57. The molecule has 1 aliphatic heterocycles. The van der Waals surface area contributed by atoms with Crippen LogP contribution in [0.4, 0.5) is 5.69 Å². The van der Waals surface area contributed by atoms with Crippen LogP contribution in [0.3, 0.4) is 0 Å². The van der Waals surface area contributed by atoms with Crippen LogP contribution in [0.2, 0.25) is 0 Å². The number of thiazole rings is 2. The Bertz CT molecular complexity index is 2010. The highest BCUT2D eigenvalue weighted by atomic mass is 32.1. The van der Waals surface area contributed by atoms with Crippen LogP contribution in [0.15, 0.2) is 121 Å². The van der Waals surface area contributed by atoms with Gasteiger partial charge in [-0.25, -0.2) is 0 Å². The summed E-state index contributed by atoms with van der Waals surface area (Å²) in [4.78, 5) is 17.1. The van der Waals surface area contributed by atoms with Gasteiger partial charge in [-0.1, -0.05) is 90.2 Å². The van der Waals surface area contributed by atoms with Crippen molar-refractivity contribution in [3.05, 3.63) is 146 Å². The molecule has 0 N–H and O–H groups in total. The lowest BCUT2D eigenvalue weighted by molar-refractivity contribution is -0.679. The van der Waals surface area contributed by atoms with Gasteiger partial charge in [0.15, 0.2) is 0 Å². The molecule has 6 heteroatoms. The number of allylic oxidation sites excluding steroid dienone is 4. The minimum atomic E-state index is 0.00225. The van der Waals surface area contributed by atoms with Crippen LogP contribution in [-0.4, -0.2) is 11.1 Å². The van der Waals surface area contributed by atoms with E-state index < -0.39 is 0 Å². The summed E-state index contributed by atoms with van der Waals surface area (Å²) in [7, 11) is 0. The summed E-state index contributed by atoms with van der Waals surface area (Å²) in [6.45, 7) is 10.4. The number of hydrogen-bond donors (Lipinski definition) is 0. The van der Waals surface area contributed by atoms with E-state index in [1.807, 2.05) is 10.6 Å². The Kier molecular flexibility index (Phi) is 8.50. The van der Waals surface area contributed by atoms with E-state index in [2.05, 4.69) is 139 Å². The molecule has 0 amide bonds. The zero-order valence-corrected chi connectivity index (χ0v) is 26.1. The van der Waals surface area contributed by atoms with E-state index in [4.69, 9.17) is 0 Å². The van der Waals surface area contributed by atoms with Gasteiger partial charge in [0.2, 0.25) is 5.69 Å². The number of rotatable bonds is 8. The molecule has 0 saturated heterocycles. The second-order valence-electron chi connectivity index (χ2n) is 10.2. The van der Waals surface area contributed by atoms with E-state index in [0.29, 0.717) is 11.1 Å². The molecule has 0 saturated carbocycles. The average molecular weight is 601 g/mol.